The summed E-state index contributed by atoms with van der Waals surface area (Å²) in [5.74, 6) is -0.259. The van der Waals surface area contributed by atoms with Gasteiger partial charge in [-0.2, -0.15) is 0 Å². The Hall–Kier alpha value is 1.84. The van der Waals surface area contributed by atoms with Crippen molar-refractivity contribution in [1.82, 2.24) is 0 Å². The molecule has 0 aromatic rings. The van der Waals surface area contributed by atoms with Crippen molar-refractivity contribution in [2.24, 2.45) is 0 Å². The van der Waals surface area contributed by atoms with Gasteiger partial charge in [-0.3, -0.25) is 4.79 Å². The van der Waals surface area contributed by atoms with Crippen molar-refractivity contribution < 1.29 is 7.86 Å². The summed E-state index contributed by atoms with van der Waals surface area (Å²) in [6.07, 6.45) is 0. The summed E-state index contributed by atoms with van der Waals surface area (Å²) in [5, 5.41) is 0. The Kier molecular flexibility index (Phi) is 12.3. The van der Waals surface area contributed by atoms with Gasteiger partial charge in [0, 0.05) is 6.92 Å². The van der Waals surface area contributed by atoms with Crippen LogP contribution in [0.3, 0.4) is 0 Å². The van der Waals surface area contributed by atoms with Crippen LogP contribution in [0.2, 0.25) is 0 Å². The van der Waals surface area contributed by atoms with Crippen molar-refractivity contribution >= 4 is 80.4 Å². The van der Waals surface area contributed by atoms with Crippen LogP contribution in [0.5, 0.6) is 0 Å². The molecule has 0 bridgehead atoms. The van der Waals surface area contributed by atoms with Crippen LogP contribution in [0, 0.1) is 0 Å². The van der Waals surface area contributed by atoms with Gasteiger partial charge < -0.3 is 3.07 Å². The molecule has 0 heterocycles. The predicted octanol–water partition coefficient (Wildman–Crippen LogP) is 0.251. The van der Waals surface area contributed by atoms with Crippen molar-refractivity contribution in [3.63, 3.8) is 0 Å². The van der Waals surface area contributed by atoms with Crippen LogP contribution in [-0.4, -0.2) is 57.4 Å². The van der Waals surface area contributed by atoms with Crippen LogP contribution in [-0.2, 0) is 7.86 Å². The van der Waals surface area contributed by atoms with E-state index in [4.69, 9.17) is 0 Å². The molecule has 32 valence electrons. The van der Waals surface area contributed by atoms with Crippen molar-refractivity contribution in [3.8, 4) is 0 Å². The zero-order valence-corrected chi connectivity index (χ0v) is 4.85. The molecule has 0 aromatic heterocycles. The fraction of sp³-hybridized carbons (Fsp3) is 0.500. The first-order valence-electron chi connectivity index (χ1n) is 1.06. The summed E-state index contributed by atoms with van der Waals surface area (Å²) in [6.45, 7) is 1.35. The maximum atomic E-state index is 9.58. The van der Waals surface area contributed by atoms with E-state index in [1.807, 2.05) is 0 Å². The van der Waals surface area contributed by atoms with Crippen molar-refractivity contribution in [2.75, 3.05) is 0 Å². The molecule has 0 amide bonds. The number of hydrogen-bond donors (Lipinski definition) is 0. The Morgan fingerprint density at radius 1 is 1.83 bits per heavy atom. The number of carbonyl (C=O) groups excluding carboxylic acids is 1. The Labute approximate surface area is 93.1 Å². The van der Waals surface area contributed by atoms with Gasteiger partial charge in [0.2, 0.25) is 0 Å². The number of halogens is 1. The average molecular weight is 226 g/mol. The van der Waals surface area contributed by atoms with Gasteiger partial charge >= 0.3 is 57.4 Å². The van der Waals surface area contributed by atoms with Gasteiger partial charge in [-0.25, -0.2) is 0 Å². The van der Waals surface area contributed by atoms with Crippen LogP contribution in [0.25, 0.3) is 0 Å². The van der Waals surface area contributed by atoms with E-state index in [9.17, 15) is 4.79 Å². The van der Waals surface area contributed by atoms with Crippen LogP contribution in [0.15, 0.2) is 0 Å². The van der Waals surface area contributed by atoms with Gasteiger partial charge in [-0.15, -0.1) is 0 Å². The quantitative estimate of drug-likeness (QED) is 0.437. The van der Waals surface area contributed by atoms with E-state index in [1.54, 1.807) is 0 Å². The topological polar surface area (TPSA) is 26.3 Å². The molecule has 0 unspecified atom stereocenters. The monoisotopic (exact) mass is 226 g/mol. The molecule has 0 saturated carbocycles. The molecule has 4 heteroatoms. The van der Waals surface area contributed by atoms with E-state index >= 15 is 0 Å². The zero-order chi connectivity index (χ0) is 4.28. The fourth-order valence-electron chi connectivity index (χ4n) is 0. The maximum absolute atomic E-state index is 9.58. The molecule has 0 aliphatic carbocycles. The third-order valence-corrected chi connectivity index (χ3v) is 0.729. The second-order valence-corrected chi connectivity index (χ2v) is 1.01. The zero-order valence-electron chi connectivity index (χ0n) is 2.69. The Morgan fingerprint density at radius 2 is 2.00 bits per heavy atom. The second kappa shape index (κ2) is 6.84. The molecule has 2 nitrogen and oxygen atoms in total. The van der Waals surface area contributed by atoms with E-state index in [0.29, 0.717) is 0 Å². The van der Waals surface area contributed by atoms with E-state index in [1.165, 1.54) is 29.9 Å². The van der Waals surface area contributed by atoms with Gasteiger partial charge in [0.25, 0.3) is 0 Å². The summed E-state index contributed by atoms with van der Waals surface area (Å²) >= 11 is 1.53. The Bertz CT molecular complexity index is 46.8. The molecule has 0 N–H and O–H groups in total. The molecule has 0 rings (SSSR count). The molecule has 0 aliphatic rings. The third kappa shape index (κ3) is 9.28. The van der Waals surface area contributed by atoms with E-state index < -0.39 is 0 Å². The summed E-state index contributed by atoms with van der Waals surface area (Å²) in [4.78, 5) is 9.58. The van der Waals surface area contributed by atoms with E-state index in [-0.39, 0.29) is 57.4 Å². The van der Waals surface area contributed by atoms with Crippen molar-refractivity contribution in [1.29, 1.82) is 0 Å². The summed E-state index contributed by atoms with van der Waals surface area (Å²) in [6, 6.07) is 0. The first-order chi connectivity index (χ1) is 2.27. The van der Waals surface area contributed by atoms with Gasteiger partial charge in [0.15, 0.2) is 23.0 Å². The number of carbonyl (C=O) groups is 1. The Morgan fingerprint density at radius 3 is 2.00 bits per heavy atom. The predicted molar refractivity (Wildman–Crippen MR) is 32.9 cm³/mol. The molecule has 0 fully saturated rings. The fourth-order valence-corrected chi connectivity index (χ4v) is 0. The molecular weight excluding hydrogens is 222 g/mol. The molecule has 0 saturated heterocycles. The molecular formula is C2H4IKO2. The summed E-state index contributed by atoms with van der Waals surface area (Å²) in [5.41, 5.74) is 0. The first-order valence-corrected chi connectivity index (χ1v) is 1.94. The van der Waals surface area contributed by atoms with Crippen LogP contribution in [0.4, 0.5) is 0 Å². The molecule has 0 aromatic carbocycles. The van der Waals surface area contributed by atoms with Gasteiger partial charge in [-0.1, -0.05) is 0 Å². The van der Waals surface area contributed by atoms with E-state index in [2.05, 4.69) is 3.07 Å². The SMILES string of the molecule is CC(=O)OI.[KH]. The first kappa shape index (κ1) is 10.8. The van der Waals surface area contributed by atoms with Gasteiger partial charge in [-0.05, 0) is 0 Å². The molecule has 6 heavy (non-hydrogen) atoms. The number of rotatable bonds is 0. The number of hydrogen-bond acceptors (Lipinski definition) is 2. The van der Waals surface area contributed by atoms with Gasteiger partial charge in [0.05, 0.1) is 0 Å². The average Bonchev–Trinajstić information content (AvgIpc) is 1.38. The van der Waals surface area contributed by atoms with Crippen molar-refractivity contribution in [2.45, 2.75) is 6.92 Å². The Balaban J connectivity index is 0. The second-order valence-electron chi connectivity index (χ2n) is 0.569. The van der Waals surface area contributed by atoms with Crippen molar-refractivity contribution in [3.05, 3.63) is 0 Å². The summed E-state index contributed by atoms with van der Waals surface area (Å²) < 4.78 is 4.08. The molecule has 0 atom stereocenters. The molecule has 0 aliphatic heterocycles. The van der Waals surface area contributed by atoms with Crippen LogP contribution < -0.4 is 0 Å². The van der Waals surface area contributed by atoms with E-state index in [0.717, 1.165) is 0 Å². The standard InChI is InChI=1S/C2H3IO2.K.H/c1-2(4)5-3;;/h1H3;;. The normalized spacial score (nSPS) is 5.67. The molecule has 0 spiro atoms. The molecule has 0 radical (unpaired) electrons. The van der Waals surface area contributed by atoms with Crippen LogP contribution >= 0.6 is 23.0 Å². The van der Waals surface area contributed by atoms with Crippen LogP contribution in [0.1, 0.15) is 6.92 Å². The third-order valence-electron chi connectivity index (χ3n) is 0.109. The summed E-state index contributed by atoms with van der Waals surface area (Å²) in [7, 11) is 0. The minimum atomic E-state index is -0.259. The minimum absolute atomic E-state index is 0. The van der Waals surface area contributed by atoms with Gasteiger partial charge in [0.1, 0.15) is 0 Å².